The third-order valence-electron chi connectivity index (χ3n) is 6.32. The Balaban J connectivity index is 1.26. The highest BCUT2D eigenvalue weighted by atomic mass is 19.3. The summed E-state index contributed by atoms with van der Waals surface area (Å²) in [5, 5.41) is 14.8. The third kappa shape index (κ3) is 6.47. The van der Waals surface area contributed by atoms with E-state index < -0.39 is 29.6 Å². The molecule has 10 nitrogen and oxygen atoms in total. The molecule has 2 aromatic carbocycles. The van der Waals surface area contributed by atoms with Gasteiger partial charge in [-0.1, -0.05) is 11.3 Å². The number of hydrogen-bond donors (Lipinski definition) is 0. The average Bonchev–Trinajstić information content (AvgIpc) is 3.60. The van der Waals surface area contributed by atoms with Gasteiger partial charge in [-0.15, -0.1) is 15.3 Å². The number of piperazine rings is 1. The number of halogens is 4. The third-order valence-corrected chi connectivity index (χ3v) is 6.32. The fourth-order valence-electron chi connectivity index (χ4n) is 4.30. The first kappa shape index (κ1) is 28.1. The van der Waals surface area contributed by atoms with Gasteiger partial charge in [-0.2, -0.15) is 8.78 Å². The lowest BCUT2D eigenvalue weighted by atomic mass is 10.1. The number of carbonyl (C=O) groups is 1. The van der Waals surface area contributed by atoms with Crippen molar-refractivity contribution in [3.63, 3.8) is 0 Å². The van der Waals surface area contributed by atoms with E-state index in [0.29, 0.717) is 26.2 Å². The number of aromatic nitrogens is 5. The molecular weight excluding hydrogens is 546 g/mol. The van der Waals surface area contributed by atoms with E-state index in [-0.39, 0.29) is 40.9 Å². The zero-order chi connectivity index (χ0) is 29.3. The normalized spacial score (nSPS) is 14.1. The zero-order valence-electron chi connectivity index (χ0n) is 22.5. The number of benzene rings is 2. The maximum atomic E-state index is 14.8. The van der Waals surface area contributed by atoms with Crippen molar-refractivity contribution in [2.75, 3.05) is 31.1 Å². The first-order valence-electron chi connectivity index (χ1n) is 12.8. The van der Waals surface area contributed by atoms with Gasteiger partial charge in [0, 0.05) is 48.6 Å². The van der Waals surface area contributed by atoms with Crippen LogP contribution in [-0.4, -0.2) is 68.0 Å². The molecule has 41 heavy (non-hydrogen) atoms. The molecule has 1 aliphatic rings. The molecule has 0 unspecified atom stereocenters. The topological polar surface area (TPSA) is 102 Å². The number of rotatable bonds is 6. The lowest BCUT2D eigenvalue weighted by Crippen LogP contribution is -2.50. The minimum Gasteiger partial charge on any atom is -0.444 e. The molecular formula is C27H27F4N7O3. The maximum absolute atomic E-state index is 14.8. The lowest BCUT2D eigenvalue weighted by Gasteiger charge is -2.36. The van der Waals surface area contributed by atoms with Gasteiger partial charge in [0.1, 0.15) is 22.9 Å². The second-order valence-corrected chi connectivity index (χ2v) is 10.5. The Hall–Kier alpha value is -4.49. The molecule has 0 bridgehead atoms. The second kappa shape index (κ2) is 11.2. The van der Waals surface area contributed by atoms with E-state index in [2.05, 4.69) is 20.5 Å². The Bertz CT molecular complexity index is 1540. The number of carbonyl (C=O) groups excluding carboxylic acids is 1. The van der Waals surface area contributed by atoms with Crippen LogP contribution in [0.4, 0.5) is 28.0 Å². The van der Waals surface area contributed by atoms with Crippen molar-refractivity contribution in [2.24, 2.45) is 0 Å². The van der Waals surface area contributed by atoms with Gasteiger partial charge >= 0.3 is 12.5 Å². The van der Waals surface area contributed by atoms with Gasteiger partial charge in [0.05, 0.1) is 12.7 Å². The Morgan fingerprint density at radius 3 is 2.41 bits per heavy atom. The SMILES string of the molecule is CC(C)(C)OC(=O)N1CCN(c2ccc(F)c(-c3cn(Cc4ccc(-c5nnc(C(F)F)o5)cc4F)nn3)c2)CC1. The largest absolute Gasteiger partial charge is 0.444 e. The van der Waals surface area contributed by atoms with E-state index >= 15 is 0 Å². The number of amides is 1. The monoisotopic (exact) mass is 573 g/mol. The number of ether oxygens (including phenoxy) is 1. The van der Waals surface area contributed by atoms with Crippen molar-refractivity contribution in [3.8, 4) is 22.7 Å². The van der Waals surface area contributed by atoms with Crippen molar-refractivity contribution >= 4 is 11.8 Å². The highest BCUT2D eigenvalue weighted by Gasteiger charge is 2.26. The summed E-state index contributed by atoms with van der Waals surface area (Å²) < 4.78 is 66.7. The van der Waals surface area contributed by atoms with Crippen LogP contribution in [0.5, 0.6) is 0 Å². The van der Waals surface area contributed by atoms with Crippen molar-refractivity contribution < 1.29 is 31.5 Å². The molecule has 1 fully saturated rings. The molecule has 216 valence electrons. The molecule has 4 aromatic rings. The lowest BCUT2D eigenvalue weighted by molar-refractivity contribution is 0.0240. The molecule has 0 atom stereocenters. The molecule has 1 aliphatic heterocycles. The molecule has 0 radical (unpaired) electrons. The molecule has 14 heteroatoms. The van der Waals surface area contributed by atoms with Crippen molar-refractivity contribution in [3.05, 3.63) is 65.7 Å². The van der Waals surface area contributed by atoms with Gasteiger partial charge in [0.15, 0.2) is 0 Å². The zero-order valence-corrected chi connectivity index (χ0v) is 22.5. The number of nitrogens with zero attached hydrogens (tertiary/aromatic N) is 7. The summed E-state index contributed by atoms with van der Waals surface area (Å²) in [5.74, 6) is -2.21. The molecule has 1 saturated heterocycles. The first-order valence-corrected chi connectivity index (χ1v) is 12.8. The maximum Gasteiger partial charge on any atom is 0.410 e. The summed E-state index contributed by atoms with van der Waals surface area (Å²) in [5.41, 5.74) is 1.05. The summed E-state index contributed by atoms with van der Waals surface area (Å²) in [6.45, 7) is 7.44. The van der Waals surface area contributed by atoms with E-state index in [4.69, 9.17) is 9.15 Å². The average molecular weight is 574 g/mol. The summed E-state index contributed by atoms with van der Waals surface area (Å²) in [6.07, 6.45) is -1.79. The van der Waals surface area contributed by atoms with Gasteiger partial charge in [0.2, 0.25) is 5.89 Å². The summed E-state index contributed by atoms with van der Waals surface area (Å²) >= 11 is 0. The smallest absolute Gasteiger partial charge is 0.410 e. The van der Waals surface area contributed by atoms with E-state index in [0.717, 1.165) is 11.8 Å². The van der Waals surface area contributed by atoms with Gasteiger partial charge in [-0.05, 0) is 51.1 Å². The number of alkyl halides is 2. The van der Waals surface area contributed by atoms with Gasteiger partial charge in [-0.25, -0.2) is 18.3 Å². The minimum atomic E-state index is -2.93. The highest BCUT2D eigenvalue weighted by Crippen LogP contribution is 2.28. The quantitative estimate of drug-likeness (QED) is 0.286. The molecule has 3 heterocycles. The van der Waals surface area contributed by atoms with E-state index in [1.54, 1.807) is 17.0 Å². The summed E-state index contributed by atoms with van der Waals surface area (Å²) in [6, 6.07) is 8.68. The predicted octanol–water partition coefficient (Wildman–Crippen LogP) is 5.32. The van der Waals surface area contributed by atoms with Crippen LogP contribution >= 0.6 is 0 Å². The fraction of sp³-hybridized carbons (Fsp3) is 0.370. The van der Waals surface area contributed by atoms with E-state index in [9.17, 15) is 22.4 Å². The summed E-state index contributed by atoms with van der Waals surface area (Å²) in [4.78, 5) is 16.0. The standard InChI is InChI=1S/C27H27F4N7O3/c1-27(2,3)41-26(39)37-10-8-36(9-11-37)18-6-7-20(28)19(13-18)22-15-38(35-32-22)14-17-5-4-16(12-21(17)29)24-33-34-25(40-24)23(30)31/h4-7,12-13,15,23H,8-11,14H2,1-3H3. The van der Waals surface area contributed by atoms with Gasteiger partial charge in [-0.3, -0.25) is 0 Å². The van der Waals surface area contributed by atoms with E-state index in [1.165, 1.54) is 29.1 Å². The van der Waals surface area contributed by atoms with Crippen molar-refractivity contribution in [1.82, 2.24) is 30.1 Å². The minimum absolute atomic E-state index is 0.0147. The van der Waals surface area contributed by atoms with Crippen LogP contribution in [-0.2, 0) is 11.3 Å². The highest BCUT2D eigenvalue weighted by molar-refractivity contribution is 5.69. The molecule has 1 amide bonds. The molecule has 0 N–H and O–H groups in total. The first-order chi connectivity index (χ1) is 19.5. The Morgan fingerprint density at radius 2 is 1.76 bits per heavy atom. The van der Waals surface area contributed by atoms with Crippen molar-refractivity contribution in [2.45, 2.75) is 39.3 Å². The predicted molar refractivity (Wildman–Crippen MR) is 139 cm³/mol. The van der Waals surface area contributed by atoms with Crippen LogP contribution in [0.25, 0.3) is 22.7 Å². The molecule has 5 rings (SSSR count). The van der Waals surface area contributed by atoms with Crippen molar-refractivity contribution in [1.29, 1.82) is 0 Å². The van der Waals surface area contributed by atoms with Crippen LogP contribution in [0.2, 0.25) is 0 Å². The fourth-order valence-corrected chi connectivity index (χ4v) is 4.30. The van der Waals surface area contributed by atoms with Gasteiger partial charge < -0.3 is 19.0 Å². The van der Waals surface area contributed by atoms with Crippen LogP contribution in [0.1, 0.15) is 38.7 Å². The van der Waals surface area contributed by atoms with Gasteiger partial charge in [0.25, 0.3) is 5.89 Å². The van der Waals surface area contributed by atoms with Crippen LogP contribution in [0.15, 0.2) is 47.0 Å². The molecule has 0 spiro atoms. The Kier molecular flexibility index (Phi) is 7.65. The number of anilines is 1. The van der Waals surface area contributed by atoms with Crippen LogP contribution < -0.4 is 4.90 Å². The molecule has 2 aromatic heterocycles. The Morgan fingerprint density at radius 1 is 1.00 bits per heavy atom. The van der Waals surface area contributed by atoms with E-state index in [1.807, 2.05) is 25.7 Å². The number of hydrogen-bond acceptors (Lipinski definition) is 8. The second-order valence-electron chi connectivity index (χ2n) is 10.5. The molecule has 0 saturated carbocycles. The molecule has 0 aliphatic carbocycles. The Labute approximate surface area is 232 Å². The summed E-state index contributed by atoms with van der Waals surface area (Å²) in [7, 11) is 0. The van der Waals surface area contributed by atoms with Crippen LogP contribution in [0.3, 0.4) is 0 Å². The van der Waals surface area contributed by atoms with Crippen LogP contribution in [0, 0.1) is 11.6 Å².